The van der Waals surface area contributed by atoms with Crippen molar-refractivity contribution in [3.63, 3.8) is 0 Å². The van der Waals surface area contributed by atoms with E-state index >= 15 is 0 Å². The van der Waals surface area contributed by atoms with Crippen molar-refractivity contribution in [1.82, 2.24) is 0 Å². The first-order chi connectivity index (χ1) is 7.16. The van der Waals surface area contributed by atoms with Crippen molar-refractivity contribution in [2.24, 2.45) is 5.73 Å². The molecule has 0 saturated carbocycles. The van der Waals surface area contributed by atoms with E-state index in [0.717, 1.165) is 36.1 Å². The number of rotatable bonds is 1. The van der Waals surface area contributed by atoms with Gasteiger partial charge >= 0.3 is 0 Å². The number of hydrogen-bond donors (Lipinski definition) is 1. The fourth-order valence-electron chi connectivity index (χ4n) is 1.96. The maximum absolute atomic E-state index is 13.1. The van der Waals surface area contributed by atoms with E-state index in [4.69, 9.17) is 5.73 Å². The molecule has 0 aromatic heterocycles. The predicted molar refractivity (Wildman–Crippen MR) is 63.5 cm³/mol. The van der Waals surface area contributed by atoms with Gasteiger partial charge in [0.25, 0.3) is 0 Å². The fourth-order valence-corrected chi connectivity index (χ4v) is 2.45. The average Bonchev–Trinajstić information content (AvgIpc) is 2.22. The lowest BCUT2D eigenvalue weighted by molar-refractivity contribution is 0.504. The van der Waals surface area contributed by atoms with E-state index in [2.05, 4.69) is 20.8 Å². The molecule has 82 valence electrons. The van der Waals surface area contributed by atoms with Gasteiger partial charge in [-0.05, 0) is 47.0 Å². The van der Waals surface area contributed by atoms with Crippen LogP contribution < -0.4 is 10.6 Å². The molecule has 1 unspecified atom stereocenters. The van der Waals surface area contributed by atoms with Crippen molar-refractivity contribution in [1.29, 1.82) is 0 Å². The van der Waals surface area contributed by atoms with Crippen LogP contribution in [-0.4, -0.2) is 19.1 Å². The standard InChI is InChI=1S/C11H14BrFN2/c12-10-4-3-8(13)6-11(10)15-5-1-2-9(14)7-15/h3-4,6,9H,1-2,5,7,14H2. The Hall–Kier alpha value is -0.610. The molecular formula is C11H14BrFN2. The Morgan fingerprint density at radius 1 is 1.47 bits per heavy atom. The molecular weight excluding hydrogens is 259 g/mol. The third kappa shape index (κ3) is 2.49. The summed E-state index contributed by atoms with van der Waals surface area (Å²) in [7, 11) is 0. The van der Waals surface area contributed by atoms with Gasteiger partial charge in [0.15, 0.2) is 0 Å². The monoisotopic (exact) mass is 272 g/mol. The minimum absolute atomic E-state index is 0.202. The third-order valence-corrected chi connectivity index (χ3v) is 3.38. The van der Waals surface area contributed by atoms with E-state index in [0.29, 0.717) is 0 Å². The second-order valence-electron chi connectivity index (χ2n) is 3.94. The number of benzene rings is 1. The zero-order valence-corrected chi connectivity index (χ0v) is 10.0. The highest BCUT2D eigenvalue weighted by atomic mass is 79.9. The first kappa shape index (κ1) is 10.9. The summed E-state index contributed by atoms with van der Waals surface area (Å²) in [6.45, 7) is 1.76. The minimum Gasteiger partial charge on any atom is -0.369 e. The molecule has 1 aromatic carbocycles. The Bertz CT molecular complexity index is 356. The Kier molecular flexibility index (Phi) is 3.26. The van der Waals surface area contributed by atoms with Gasteiger partial charge in [0.1, 0.15) is 5.82 Å². The highest BCUT2D eigenvalue weighted by Gasteiger charge is 2.18. The van der Waals surface area contributed by atoms with Crippen LogP contribution in [0, 0.1) is 5.82 Å². The maximum atomic E-state index is 13.1. The van der Waals surface area contributed by atoms with Gasteiger partial charge in [-0.3, -0.25) is 0 Å². The van der Waals surface area contributed by atoms with Gasteiger partial charge in [-0.1, -0.05) is 0 Å². The molecule has 1 aliphatic rings. The summed E-state index contributed by atoms with van der Waals surface area (Å²) in [6.07, 6.45) is 2.13. The van der Waals surface area contributed by atoms with Crippen LogP contribution in [-0.2, 0) is 0 Å². The van der Waals surface area contributed by atoms with Crippen molar-refractivity contribution >= 4 is 21.6 Å². The van der Waals surface area contributed by atoms with E-state index in [-0.39, 0.29) is 11.9 Å². The van der Waals surface area contributed by atoms with Crippen LogP contribution in [0.1, 0.15) is 12.8 Å². The molecule has 1 atom stereocenters. The molecule has 1 aromatic rings. The molecule has 0 bridgehead atoms. The molecule has 0 aliphatic carbocycles. The zero-order valence-electron chi connectivity index (χ0n) is 8.42. The molecule has 1 saturated heterocycles. The quantitative estimate of drug-likeness (QED) is 0.851. The number of piperidine rings is 1. The lowest BCUT2D eigenvalue weighted by Gasteiger charge is -2.33. The molecule has 1 heterocycles. The number of hydrogen-bond acceptors (Lipinski definition) is 2. The molecule has 2 N–H and O–H groups in total. The topological polar surface area (TPSA) is 29.3 Å². The Morgan fingerprint density at radius 2 is 2.27 bits per heavy atom. The summed E-state index contributed by atoms with van der Waals surface area (Å²) in [6, 6.07) is 4.96. The second kappa shape index (κ2) is 4.49. The highest BCUT2D eigenvalue weighted by molar-refractivity contribution is 9.10. The van der Waals surface area contributed by atoms with Gasteiger partial charge in [0, 0.05) is 23.6 Å². The van der Waals surface area contributed by atoms with Crippen LogP contribution in [0.4, 0.5) is 10.1 Å². The highest BCUT2D eigenvalue weighted by Crippen LogP contribution is 2.28. The minimum atomic E-state index is -0.202. The van der Waals surface area contributed by atoms with Gasteiger partial charge in [-0.2, -0.15) is 0 Å². The lowest BCUT2D eigenvalue weighted by atomic mass is 10.1. The molecule has 2 rings (SSSR count). The van der Waals surface area contributed by atoms with E-state index in [1.54, 1.807) is 12.1 Å². The summed E-state index contributed by atoms with van der Waals surface area (Å²) in [5.74, 6) is -0.202. The normalized spacial score (nSPS) is 21.8. The summed E-state index contributed by atoms with van der Waals surface area (Å²) in [5, 5.41) is 0. The molecule has 0 radical (unpaired) electrons. The molecule has 2 nitrogen and oxygen atoms in total. The molecule has 4 heteroatoms. The molecule has 1 aliphatic heterocycles. The van der Waals surface area contributed by atoms with Crippen LogP contribution in [0.5, 0.6) is 0 Å². The summed E-state index contributed by atoms with van der Waals surface area (Å²) >= 11 is 3.44. The van der Waals surface area contributed by atoms with Crippen molar-refractivity contribution in [2.45, 2.75) is 18.9 Å². The first-order valence-corrected chi connectivity index (χ1v) is 5.91. The van der Waals surface area contributed by atoms with Crippen LogP contribution in [0.2, 0.25) is 0 Å². The molecule has 1 fully saturated rings. The van der Waals surface area contributed by atoms with Gasteiger partial charge in [-0.15, -0.1) is 0 Å². The fraction of sp³-hybridized carbons (Fsp3) is 0.455. The Balaban J connectivity index is 2.24. The largest absolute Gasteiger partial charge is 0.369 e. The van der Waals surface area contributed by atoms with Crippen molar-refractivity contribution in [2.75, 3.05) is 18.0 Å². The van der Waals surface area contributed by atoms with Gasteiger partial charge < -0.3 is 10.6 Å². The third-order valence-electron chi connectivity index (χ3n) is 2.71. The van der Waals surface area contributed by atoms with Crippen molar-refractivity contribution in [3.05, 3.63) is 28.5 Å². The van der Waals surface area contributed by atoms with Crippen LogP contribution >= 0.6 is 15.9 Å². The number of halogens is 2. The average molecular weight is 273 g/mol. The van der Waals surface area contributed by atoms with Crippen LogP contribution in [0.15, 0.2) is 22.7 Å². The van der Waals surface area contributed by atoms with Crippen molar-refractivity contribution in [3.8, 4) is 0 Å². The van der Waals surface area contributed by atoms with Gasteiger partial charge in [0.05, 0.1) is 5.69 Å². The zero-order chi connectivity index (χ0) is 10.8. The van der Waals surface area contributed by atoms with Crippen LogP contribution in [0.25, 0.3) is 0 Å². The molecule has 0 spiro atoms. The SMILES string of the molecule is NC1CCCN(c2cc(F)ccc2Br)C1. The summed E-state index contributed by atoms with van der Waals surface area (Å²) in [5.41, 5.74) is 6.81. The summed E-state index contributed by atoms with van der Waals surface area (Å²) < 4.78 is 14.0. The molecule has 15 heavy (non-hydrogen) atoms. The summed E-state index contributed by atoms with van der Waals surface area (Å²) in [4.78, 5) is 2.14. The van der Waals surface area contributed by atoms with E-state index in [1.165, 1.54) is 6.07 Å². The number of anilines is 1. The first-order valence-electron chi connectivity index (χ1n) is 5.12. The number of nitrogens with two attached hydrogens (primary N) is 1. The number of nitrogens with zero attached hydrogens (tertiary/aromatic N) is 1. The van der Waals surface area contributed by atoms with E-state index in [9.17, 15) is 4.39 Å². The van der Waals surface area contributed by atoms with Gasteiger partial charge in [0.2, 0.25) is 0 Å². The predicted octanol–water partition coefficient (Wildman–Crippen LogP) is 2.52. The van der Waals surface area contributed by atoms with Crippen LogP contribution in [0.3, 0.4) is 0 Å². The smallest absolute Gasteiger partial charge is 0.125 e. The van der Waals surface area contributed by atoms with Crippen molar-refractivity contribution < 1.29 is 4.39 Å². The lowest BCUT2D eigenvalue weighted by Crippen LogP contribution is -2.43. The Labute approximate surface area is 97.4 Å². The van der Waals surface area contributed by atoms with E-state index in [1.807, 2.05) is 0 Å². The van der Waals surface area contributed by atoms with E-state index < -0.39 is 0 Å². The molecule has 0 amide bonds. The maximum Gasteiger partial charge on any atom is 0.125 e. The second-order valence-corrected chi connectivity index (χ2v) is 4.80. The Morgan fingerprint density at radius 3 is 3.00 bits per heavy atom. The van der Waals surface area contributed by atoms with Gasteiger partial charge in [-0.25, -0.2) is 4.39 Å².